The number of ether oxygens (including phenoxy) is 1. The molecule has 1 heterocycles. The van der Waals surface area contributed by atoms with Gasteiger partial charge in [-0.25, -0.2) is 9.97 Å². The molecule has 14 heavy (non-hydrogen) atoms. The molecule has 0 amide bonds. The number of aromatic nitrogens is 2. The van der Waals surface area contributed by atoms with Gasteiger partial charge in [0.1, 0.15) is 0 Å². The van der Waals surface area contributed by atoms with E-state index in [0.717, 1.165) is 0 Å². The van der Waals surface area contributed by atoms with Crippen molar-refractivity contribution in [1.82, 2.24) is 9.97 Å². The van der Waals surface area contributed by atoms with E-state index in [9.17, 15) is 0 Å². The van der Waals surface area contributed by atoms with Crippen molar-refractivity contribution in [1.29, 1.82) is 0 Å². The van der Waals surface area contributed by atoms with Gasteiger partial charge < -0.3 is 15.8 Å². The lowest BCUT2D eigenvalue weighted by molar-refractivity contribution is 0.158. The average Bonchev–Trinajstić information content (AvgIpc) is 2.08. The van der Waals surface area contributed by atoms with E-state index in [2.05, 4.69) is 15.3 Å². The fourth-order valence-corrected chi connectivity index (χ4v) is 1.16. The summed E-state index contributed by atoms with van der Waals surface area (Å²) in [6, 6.07) is 0. The quantitative estimate of drug-likeness (QED) is 0.748. The summed E-state index contributed by atoms with van der Waals surface area (Å²) in [4.78, 5) is 8.03. The van der Waals surface area contributed by atoms with Crippen molar-refractivity contribution in [2.24, 2.45) is 0 Å². The highest BCUT2D eigenvalue weighted by Gasteiger charge is 2.18. The Morgan fingerprint density at radius 1 is 1.43 bits per heavy atom. The summed E-state index contributed by atoms with van der Waals surface area (Å²) in [5.74, 6) is 0.992. The number of nitrogens with two attached hydrogens (primary N) is 1. The number of rotatable bonds is 4. The molecule has 0 saturated heterocycles. The topological polar surface area (TPSA) is 73.1 Å². The second-order valence-electron chi connectivity index (χ2n) is 3.73. The highest BCUT2D eigenvalue weighted by Crippen LogP contribution is 2.16. The molecule has 0 bridgehead atoms. The molecule has 0 unspecified atom stereocenters. The van der Waals surface area contributed by atoms with Gasteiger partial charge in [0.15, 0.2) is 11.6 Å². The summed E-state index contributed by atoms with van der Waals surface area (Å²) in [5.41, 5.74) is 5.44. The summed E-state index contributed by atoms with van der Waals surface area (Å²) >= 11 is 0. The third kappa shape index (κ3) is 2.85. The van der Waals surface area contributed by atoms with Crippen molar-refractivity contribution in [3.63, 3.8) is 0 Å². The van der Waals surface area contributed by atoms with Crippen LogP contribution in [-0.2, 0) is 4.74 Å². The Balaban J connectivity index is 2.73. The summed E-state index contributed by atoms with van der Waals surface area (Å²) in [7, 11) is 1.66. The van der Waals surface area contributed by atoms with E-state index in [1.165, 1.54) is 0 Å². The van der Waals surface area contributed by atoms with E-state index in [-0.39, 0.29) is 5.54 Å². The van der Waals surface area contributed by atoms with Crippen molar-refractivity contribution < 1.29 is 4.74 Å². The number of methoxy groups -OCH3 is 1. The van der Waals surface area contributed by atoms with Gasteiger partial charge in [-0.3, -0.25) is 0 Å². The van der Waals surface area contributed by atoms with Gasteiger partial charge in [0.2, 0.25) is 0 Å². The highest BCUT2D eigenvalue weighted by atomic mass is 16.5. The van der Waals surface area contributed by atoms with E-state index in [1.807, 2.05) is 13.8 Å². The van der Waals surface area contributed by atoms with Crippen LogP contribution in [0, 0.1) is 0 Å². The lowest BCUT2D eigenvalue weighted by Crippen LogP contribution is -2.36. The van der Waals surface area contributed by atoms with Crippen molar-refractivity contribution in [2.75, 3.05) is 24.8 Å². The van der Waals surface area contributed by atoms with Gasteiger partial charge in [-0.1, -0.05) is 0 Å². The summed E-state index contributed by atoms with van der Waals surface area (Å²) in [6.07, 6.45) is 3.16. The van der Waals surface area contributed by atoms with Gasteiger partial charge in [0.05, 0.1) is 12.1 Å². The Kier molecular flexibility index (Phi) is 3.24. The van der Waals surface area contributed by atoms with E-state index in [1.54, 1.807) is 19.5 Å². The predicted molar refractivity (Wildman–Crippen MR) is 56.0 cm³/mol. The van der Waals surface area contributed by atoms with Crippen molar-refractivity contribution >= 4 is 11.6 Å². The van der Waals surface area contributed by atoms with Crippen LogP contribution in [0.25, 0.3) is 0 Å². The van der Waals surface area contributed by atoms with Crippen molar-refractivity contribution in [2.45, 2.75) is 19.4 Å². The fraction of sp³-hybridized carbons (Fsp3) is 0.556. The molecule has 0 aliphatic heterocycles. The highest BCUT2D eigenvalue weighted by molar-refractivity contribution is 5.56. The zero-order valence-corrected chi connectivity index (χ0v) is 8.74. The second-order valence-corrected chi connectivity index (χ2v) is 3.73. The zero-order chi connectivity index (χ0) is 10.6. The monoisotopic (exact) mass is 196 g/mol. The molecule has 0 saturated carbocycles. The molecular weight excluding hydrogens is 180 g/mol. The van der Waals surface area contributed by atoms with E-state index < -0.39 is 0 Å². The SMILES string of the molecule is COCC(C)(C)Nc1nccnc1N. The number of nitrogens with zero attached hydrogens (tertiary/aromatic N) is 2. The molecule has 3 N–H and O–H groups in total. The molecule has 0 spiro atoms. The van der Waals surface area contributed by atoms with Crippen LogP contribution in [0.4, 0.5) is 11.6 Å². The zero-order valence-electron chi connectivity index (χ0n) is 8.74. The van der Waals surface area contributed by atoms with Crippen LogP contribution in [0.5, 0.6) is 0 Å². The standard InChI is InChI=1S/C9H16N4O/c1-9(2,6-14-3)13-8-7(10)11-4-5-12-8/h4-5H,6H2,1-3H3,(H2,10,11)(H,12,13). The fourth-order valence-electron chi connectivity index (χ4n) is 1.16. The van der Waals surface area contributed by atoms with Gasteiger partial charge in [-0.15, -0.1) is 0 Å². The first-order valence-corrected chi connectivity index (χ1v) is 4.39. The van der Waals surface area contributed by atoms with Gasteiger partial charge >= 0.3 is 0 Å². The minimum absolute atomic E-state index is 0.209. The maximum Gasteiger partial charge on any atom is 0.169 e. The lowest BCUT2D eigenvalue weighted by Gasteiger charge is -2.26. The van der Waals surface area contributed by atoms with Gasteiger partial charge in [0, 0.05) is 19.5 Å². The normalized spacial score (nSPS) is 11.4. The molecule has 1 aromatic heterocycles. The molecule has 0 aliphatic carbocycles. The maximum absolute atomic E-state index is 5.65. The Hall–Kier alpha value is -1.36. The van der Waals surface area contributed by atoms with Gasteiger partial charge in [-0.2, -0.15) is 0 Å². The largest absolute Gasteiger partial charge is 0.382 e. The van der Waals surface area contributed by atoms with Gasteiger partial charge in [-0.05, 0) is 13.8 Å². The Labute approximate surface area is 83.7 Å². The average molecular weight is 196 g/mol. The van der Waals surface area contributed by atoms with Crippen LogP contribution in [0.2, 0.25) is 0 Å². The van der Waals surface area contributed by atoms with Crippen molar-refractivity contribution in [3.05, 3.63) is 12.4 Å². The first kappa shape index (κ1) is 10.7. The molecule has 78 valence electrons. The van der Waals surface area contributed by atoms with Crippen LogP contribution < -0.4 is 11.1 Å². The first-order valence-electron chi connectivity index (χ1n) is 4.39. The molecule has 0 radical (unpaired) electrons. The molecule has 0 aliphatic rings. The van der Waals surface area contributed by atoms with Crippen LogP contribution in [0.15, 0.2) is 12.4 Å². The predicted octanol–water partition coefficient (Wildman–Crippen LogP) is 0.896. The summed E-state index contributed by atoms with van der Waals surface area (Å²) in [6.45, 7) is 4.58. The van der Waals surface area contributed by atoms with E-state index >= 15 is 0 Å². The number of hydrogen-bond donors (Lipinski definition) is 2. The van der Waals surface area contributed by atoms with Gasteiger partial charge in [0.25, 0.3) is 0 Å². The molecule has 1 rings (SSSR count). The molecule has 0 aromatic carbocycles. The van der Waals surface area contributed by atoms with Crippen molar-refractivity contribution in [3.8, 4) is 0 Å². The van der Waals surface area contributed by atoms with E-state index in [0.29, 0.717) is 18.2 Å². The minimum Gasteiger partial charge on any atom is -0.382 e. The summed E-state index contributed by atoms with van der Waals surface area (Å²) in [5, 5.41) is 3.16. The van der Waals surface area contributed by atoms with Crippen LogP contribution >= 0.6 is 0 Å². The Morgan fingerprint density at radius 2 is 2.07 bits per heavy atom. The molecule has 0 fully saturated rings. The second kappa shape index (κ2) is 4.23. The molecule has 0 atom stereocenters. The Bertz CT molecular complexity index is 301. The molecule has 1 aromatic rings. The third-order valence-corrected chi connectivity index (χ3v) is 1.69. The molecule has 5 nitrogen and oxygen atoms in total. The smallest absolute Gasteiger partial charge is 0.169 e. The number of anilines is 2. The summed E-state index contributed by atoms with van der Waals surface area (Å²) < 4.78 is 5.07. The number of hydrogen-bond acceptors (Lipinski definition) is 5. The third-order valence-electron chi connectivity index (χ3n) is 1.69. The van der Waals surface area contributed by atoms with Crippen LogP contribution in [0.3, 0.4) is 0 Å². The van der Waals surface area contributed by atoms with Crippen LogP contribution in [0.1, 0.15) is 13.8 Å². The maximum atomic E-state index is 5.65. The number of nitrogens with one attached hydrogen (secondary N) is 1. The molecule has 5 heteroatoms. The minimum atomic E-state index is -0.209. The number of nitrogen functional groups attached to an aromatic ring is 1. The van der Waals surface area contributed by atoms with Crippen LogP contribution in [-0.4, -0.2) is 29.2 Å². The Morgan fingerprint density at radius 3 is 2.64 bits per heavy atom. The van der Waals surface area contributed by atoms with E-state index in [4.69, 9.17) is 10.5 Å². The molecular formula is C9H16N4O. The lowest BCUT2D eigenvalue weighted by atomic mass is 10.1. The first-order chi connectivity index (χ1) is 6.55.